The van der Waals surface area contributed by atoms with Crippen LogP contribution in [0, 0.1) is 5.92 Å². The molecule has 2 N–H and O–H groups in total. The van der Waals surface area contributed by atoms with Gasteiger partial charge < -0.3 is 15.2 Å². The van der Waals surface area contributed by atoms with Gasteiger partial charge in [0.05, 0.1) is 18.3 Å². The van der Waals surface area contributed by atoms with Crippen molar-refractivity contribution in [3.8, 4) is 5.75 Å². The summed E-state index contributed by atoms with van der Waals surface area (Å²) in [5, 5.41) is 0. The van der Waals surface area contributed by atoms with E-state index in [1.54, 1.807) is 7.11 Å². The maximum absolute atomic E-state index is 6.73. The van der Waals surface area contributed by atoms with Gasteiger partial charge in [-0.25, -0.2) is 0 Å². The minimum Gasteiger partial charge on any atom is -0.497 e. The van der Waals surface area contributed by atoms with Crippen molar-refractivity contribution in [2.75, 3.05) is 7.11 Å². The predicted molar refractivity (Wildman–Crippen MR) is 81.9 cm³/mol. The van der Waals surface area contributed by atoms with E-state index >= 15 is 0 Å². The maximum atomic E-state index is 6.73. The lowest BCUT2D eigenvalue weighted by Crippen LogP contribution is -2.48. The lowest BCUT2D eigenvalue weighted by Gasteiger charge is -2.39. The van der Waals surface area contributed by atoms with Crippen LogP contribution in [0.1, 0.15) is 46.6 Å². The van der Waals surface area contributed by atoms with Gasteiger partial charge in [-0.1, -0.05) is 12.1 Å². The first-order valence-electron chi connectivity index (χ1n) is 7.22. The smallest absolute Gasteiger partial charge is 0.119 e. The van der Waals surface area contributed by atoms with Gasteiger partial charge in [-0.3, -0.25) is 0 Å². The van der Waals surface area contributed by atoms with Gasteiger partial charge in [0.2, 0.25) is 0 Å². The lowest BCUT2D eigenvalue weighted by molar-refractivity contribution is -0.0814. The molecule has 2 unspecified atom stereocenters. The standard InChI is InChI=1S/C17H27NO2/c1-15(2)11-14(16(3,4)20-15)17(5,18)12-8-7-9-13(10-12)19-6/h7-10,14H,11,18H2,1-6H3. The summed E-state index contributed by atoms with van der Waals surface area (Å²) in [6.45, 7) is 10.6. The Bertz CT molecular complexity index is 492. The SMILES string of the molecule is COc1cccc(C(C)(N)C2CC(C)(C)OC2(C)C)c1. The third kappa shape index (κ3) is 2.70. The van der Waals surface area contributed by atoms with Crippen LogP contribution >= 0.6 is 0 Å². The number of ether oxygens (including phenoxy) is 2. The Hall–Kier alpha value is -1.06. The monoisotopic (exact) mass is 277 g/mol. The van der Waals surface area contributed by atoms with Gasteiger partial charge in [0.25, 0.3) is 0 Å². The summed E-state index contributed by atoms with van der Waals surface area (Å²) in [6, 6.07) is 8.04. The van der Waals surface area contributed by atoms with E-state index in [1.165, 1.54) is 0 Å². The molecule has 0 radical (unpaired) electrons. The molecular formula is C17H27NO2. The molecule has 3 nitrogen and oxygen atoms in total. The Kier molecular flexibility index (Phi) is 3.64. The highest BCUT2D eigenvalue weighted by molar-refractivity contribution is 5.34. The summed E-state index contributed by atoms with van der Waals surface area (Å²) in [4.78, 5) is 0. The Balaban J connectivity index is 2.39. The molecule has 0 saturated carbocycles. The molecule has 0 spiro atoms. The highest BCUT2D eigenvalue weighted by Gasteiger charge is 2.52. The molecule has 1 saturated heterocycles. The molecule has 1 fully saturated rings. The number of nitrogens with two attached hydrogens (primary N) is 1. The van der Waals surface area contributed by atoms with Crippen molar-refractivity contribution < 1.29 is 9.47 Å². The topological polar surface area (TPSA) is 44.5 Å². The van der Waals surface area contributed by atoms with Gasteiger partial charge >= 0.3 is 0 Å². The van der Waals surface area contributed by atoms with Gasteiger partial charge in [-0.15, -0.1) is 0 Å². The summed E-state index contributed by atoms with van der Waals surface area (Å²) >= 11 is 0. The second kappa shape index (κ2) is 4.74. The molecule has 2 rings (SSSR count). The highest BCUT2D eigenvalue weighted by Crippen LogP contribution is 2.49. The van der Waals surface area contributed by atoms with E-state index in [2.05, 4.69) is 40.7 Å². The van der Waals surface area contributed by atoms with E-state index in [0.717, 1.165) is 17.7 Å². The number of rotatable bonds is 3. The molecule has 20 heavy (non-hydrogen) atoms. The van der Waals surface area contributed by atoms with Crippen LogP contribution in [0.15, 0.2) is 24.3 Å². The molecule has 1 aliphatic rings. The molecule has 0 aromatic heterocycles. The summed E-state index contributed by atoms with van der Waals surface area (Å²) in [5.74, 6) is 1.09. The summed E-state index contributed by atoms with van der Waals surface area (Å²) in [7, 11) is 1.68. The first-order valence-corrected chi connectivity index (χ1v) is 7.22. The molecule has 0 aliphatic carbocycles. The fourth-order valence-electron chi connectivity index (χ4n) is 3.66. The molecule has 0 bridgehead atoms. The van der Waals surface area contributed by atoms with Crippen molar-refractivity contribution in [1.29, 1.82) is 0 Å². The molecular weight excluding hydrogens is 250 g/mol. The molecule has 1 aromatic rings. The second-order valence-corrected chi connectivity index (χ2v) is 7.24. The molecule has 2 atom stereocenters. The van der Waals surface area contributed by atoms with Gasteiger partial charge in [-0.05, 0) is 58.7 Å². The van der Waals surface area contributed by atoms with E-state index in [1.807, 2.05) is 18.2 Å². The average Bonchev–Trinajstić information content (AvgIpc) is 2.58. The quantitative estimate of drug-likeness (QED) is 0.920. The zero-order chi connectivity index (χ0) is 15.2. The predicted octanol–water partition coefficient (Wildman–Crippen LogP) is 3.46. The minimum absolute atomic E-state index is 0.131. The second-order valence-electron chi connectivity index (χ2n) is 7.24. The van der Waals surface area contributed by atoms with Crippen LogP contribution in [-0.2, 0) is 10.3 Å². The fraction of sp³-hybridized carbons (Fsp3) is 0.647. The number of benzene rings is 1. The van der Waals surface area contributed by atoms with E-state index in [-0.39, 0.29) is 17.1 Å². The lowest BCUT2D eigenvalue weighted by atomic mass is 9.70. The van der Waals surface area contributed by atoms with Crippen molar-refractivity contribution in [2.24, 2.45) is 11.7 Å². The Morgan fingerprint density at radius 1 is 1.30 bits per heavy atom. The van der Waals surface area contributed by atoms with Crippen LogP contribution < -0.4 is 10.5 Å². The normalized spacial score (nSPS) is 27.1. The van der Waals surface area contributed by atoms with Gasteiger partial charge in [0.15, 0.2) is 0 Å². The molecule has 3 heteroatoms. The molecule has 0 amide bonds. The largest absolute Gasteiger partial charge is 0.497 e. The van der Waals surface area contributed by atoms with E-state index in [0.29, 0.717) is 0 Å². The summed E-state index contributed by atoms with van der Waals surface area (Å²) in [5.41, 5.74) is 7.00. The number of hydrogen-bond acceptors (Lipinski definition) is 3. The molecule has 1 aromatic carbocycles. The maximum Gasteiger partial charge on any atom is 0.119 e. The fourth-order valence-corrected chi connectivity index (χ4v) is 3.66. The molecule has 1 heterocycles. The number of hydrogen-bond donors (Lipinski definition) is 1. The van der Waals surface area contributed by atoms with Crippen molar-refractivity contribution in [3.05, 3.63) is 29.8 Å². The van der Waals surface area contributed by atoms with Crippen LogP contribution in [0.2, 0.25) is 0 Å². The third-order valence-electron chi connectivity index (χ3n) is 4.49. The Morgan fingerprint density at radius 2 is 1.95 bits per heavy atom. The van der Waals surface area contributed by atoms with Gasteiger partial charge in [-0.2, -0.15) is 0 Å². The number of methoxy groups -OCH3 is 1. The first-order chi connectivity index (χ1) is 9.08. The minimum atomic E-state index is -0.453. The zero-order valence-electron chi connectivity index (χ0n) is 13.5. The van der Waals surface area contributed by atoms with Crippen molar-refractivity contribution in [3.63, 3.8) is 0 Å². The van der Waals surface area contributed by atoms with Crippen LogP contribution in [0.5, 0.6) is 5.75 Å². The van der Waals surface area contributed by atoms with E-state index in [9.17, 15) is 0 Å². The summed E-state index contributed by atoms with van der Waals surface area (Å²) in [6.07, 6.45) is 0.949. The third-order valence-corrected chi connectivity index (χ3v) is 4.49. The highest BCUT2D eigenvalue weighted by atomic mass is 16.5. The van der Waals surface area contributed by atoms with Gasteiger partial charge in [0, 0.05) is 11.5 Å². The average molecular weight is 277 g/mol. The van der Waals surface area contributed by atoms with Crippen LogP contribution in [-0.4, -0.2) is 18.3 Å². The van der Waals surface area contributed by atoms with E-state index < -0.39 is 5.54 Å². The van der Waals surface area contributed by atoms with Gasteiger partial charge in [0.1, 0.15) is 5.75 Å². The van der Waals surface area contributed by atoms with E-state index in [4.69, 9.17) is 15.2 Å². The molecule has 1 aliphatic heterocycles. The Labute approximate surface area is 122 Å². The Morgan fingerprint density at radius 3 is 2.45 bits per heavy atom. The van der Waals surface area contributed by atoms with Crippen molar-refractivity contribution in [1.82, 2.24) is 0 Å². The van der Waals surface area contributed by atoms with Crippen LogP contribution in [0.4, 0.5) is 0 Å². The summed E-state index contributed by atoms with van der Waals surface area (Å²) < 4.78 is 11.5. The first kappa shape index (κ1) is 15.3. The van der Waals surface area contributed by atoms with Crippen molar-refractivity contribution >= 4 is 0 Å². The van der Waals surface area contributed by atoms with Crippen molar-refractivity contribution in [2.45, 2.75) is 57.8 Å². The van der Waals surface area contributed by atoms with Crippen LogP contribution in [0.25, 0.3) is 0 Å². The van der Waals surface area contributed by atoms with Crippen LogP contribution in [0.3, 0.4) is 0 Å². The zero-order valence-corrected chi connectivity index (χ0v) is 13.5. The molecule has 112 valence electrons.